The van der Waals surface area contributed by atoms with Crippen LogP contribution in [0.1, 0.15) is 86.0 Å². The van der Waals surface area contributed by atoms with Gasteiger partial charge >= 0.3 is 0 Å². The molecule has 336 valence electrons. The minimum atomic E-state index is -4.13. The van der Waals surface area contributed by atoms with Crippen LogP contribution in [0.4, 0.5) is 0 Å². The monoisotopic (exact) mass is 916 g/mol. The number of rotatable bonds is 20. The van der Waals surface area contributed by atoms with Gasteiger partial charge in [-0.05, 0) is 147 Å². The highest BCUT2D eigenvalue weighted by atomic mass is 32.2. The first-order valence-electron chi connectivity index (χ1n) is 20.5. The number of nitrogens with zero attached hydrogens (tertiary/aromatic N) is 2. The van der Waals surface area contributed by atoms with Crippen molar-refractivity contribution in [3.05, 3.63) is 115 Å². The lowest BCUT2D eigenvalue weighted by molar-refractivity contribution is 0.353. The number of hydrogen-bond acceptors (Lipinski definition) is 8. The van der Waals surface area contributed by atoms with E-state index in [2.05, 4.69) is 9.44 Å². The Morgan fingerprint density at radius 2 is 0.557 bits per heavy atom. The second-order valence-electron chi connectivity index (χ2n) is 16.6. The van der Waals surface area contributed by atoms with E-state index >= 15 is 0 Å². The molecule has 0 amide bonds. The van der Waals surface area contributed by atoms with Gasteiger partial charge in [-0.3, -0.25) is 0 Å². The molecule has 4 aromatic carbocycles. The summed E-state index contributed by atoms with van der Waals surface area (Å²) in [6.07, 6.45) is 0.403. The second-order valence-corrected chi connectivity index (χ2v) is 23.7. The Hall–Kier alpha value is -3.48. The highest BCUT2D eigenvalue weighted by molar-refractivity contribution is 7.90. The van der Waals surface area contributed by atoms with E-state index in [0.717, 1.165) is 22.3 Å². The molecule has 0 bridgehead atoms. The van der Waals surface area contributed by atoms with Crippen LogP contribution in [-0.2, 0) is 40.1 Å². The summed E-state index contributed by atoms with van der Waals surface area (Å²) in [6, 6.07) is 14.4. The molecule has 0 radical (unpaired) electrons. The van der Waals surface area contributed by atoms with E-state index in [1.807, 2.05) is 27.7 Å². The van der Waals surface area contributed by atoms with E-state index in [4.69, 9.17) is 0 Å². The maximum absolute atomic E-state index is 14.5. The molecule has 0 unspecified atom stereocenters. The molecule has 0 heterocycles. The summed E-state index contributed by atoms with van der Waals surface area (Å²) in [5.74, 6) is 0. The number of sulfonamides is 4. The Labute approximate surface area is 366 Å². The number of benzene rings is 4. The summed E-state index contributed by atoms with van der Waals surface area (Å²) in [4.78, 5) is 0.710. The van der Waals surface area contributed by atoms with Crippen molar-refractivity contribution in [2.75, 3.05) is 39.3 Å². The Balaban J connectivity index is 1.61. The standard InChI is InChI=1S/C45H64N4O8S4/c1-30-22-34(5)42(35(6)23-30)58(50,51)46-16-13-18-48(60(54,55)44-38(9)26-32(3)27-39(44)10)20-15-21-49(61(56,57)45-40(11)28-33(4)29-41(45)12)19-14-17-47-59(52,53)43-36(7)24-31(2)25-37(43)8/h22-29,46-47H,13-21H2,1-12H3. The average Bonchev–Trinajstić information content (AvgIpc) is 3.07. The summed E-state index contributed by atoms with van der Waals surface area (Å²) < 4.78 is 120. The van der Waals surface area contributed by atoms with Gasteiger partial charge in [0, 0.05) is 39.3 Å². The largest absolute Gasteiger partial charge is 0.243 e. The van der Waals surface area contributed by atoms with Crippen LogP contribution in [0.3, 0.4) is 0 Å². The number of hydrogen-bond donors (Lipinski definition) is 2. The summed E-state index contributed by atoms with van der Waals surface area (Å²) in [5.41, 5.74) is 8.45. The maximum atomic E-state index is 14.5. The topological polar surface area (TPSA) is 167 Å². The molecule has 0 saturated heterocycles. The zero-order valence-corrected chi connectivity index (χ0v) is 41.0. The van der Waals surface area contributed by atoms with Crippen molar-refractivity contribution in [2.24, 2.45) is 0 Å². The quantitative estimate of drug-likeness (QED) is 0.0879. The summed E-state index contributed by atoms with van der Waals surface area (Å²) >= 11 is 0. The second kappa shape index (κ2) is 19.9. The predicted molar refractivity (Wildman–Crippen MR) is 244 cm³/mol. The summed E-state index contributed by atoms with van der Waals surface area (Å²) in [5, 5.41) is 0. The maximum Gasteiger partial charge on any atom is 0.243 e. The zero-order chi connectivity index (χ0) is 45.8. The third kappa shape index (κ3) is 12.0. The Bertz CT molecular complexity index is 2450. The molecule has 0 aliphatic rings. The molecule has 0 aliphatic heterocycles. The van der Waals surface area contributed by atoms with Crippen molar-refractivity contribution in [3.63, 3.8) is 0 Å². The van der Waals surface area contributed by atoms with Gasteiger partial charge in [-0.2, -0.15) is 8.61 Å². The highest BCUT2D eigenvalue weighted by Gasteiger charge is 2.31. The van der Waals surface area contributed by atoms with E-state index in [9.17, 15) is 33.7 Å². The SMILES string of the molecule is Cc1cc(C)c(S(=O)(=O)NCCCN(CCCN(CCCNS(=O)(=O)c2c(C)cc(C)cc2C)S(=O)(=O)c2c(C)cc(C)cc2C)S(=O)(=O)c2c(C)cc(C)cc2C)c(C)c1. The Kier molecular flexibility index (Phi) is 16.4. The lowest BCUT2D eigenvalue weighted by atomic mass is 10.1. The van der Waals surface area contributed by atoms with Crippen LogP contribution in [0.5, 0.6) is 0 Å². The van der Waals surface area contributed by atoms with Gasteiger partial charge in [0.05, 0.1) is 19.6 Å². The van der Waals surface area contributed by atoms with E-state index in [-0.39, 0.29) is 78.1 Å². The van der Waals surface area contributed by atoms with Crippen molar-refractivity contribution < 1.29 is 33.7 Å². The number of aryl methyl sites for hydroxylation is 12. The Morgan fingerprint density at radius 3 is 0.803 bits per heavy atom. The minimum Gasteiger partial charge on any atom is -0.211 e. The van der Waals surface area contributed by atoms with Gasteiger partial charge in [0.15, 0.2) is 0 Å². The van der Waals surface area contributed by atoms with E-state index < -0.39 is 40.1 Å². The van der Waals surface area contributed by atoms with Gasteiger partial charge in [0.2, 0.25) is 40.1 Å². The fourth-order valence-corrected chi connectivity index (χ4v) is 15.7. The normalized spacial score (nSPS) is 12.8. The van der Waals surface area contributed by atoms with Crippen LogP contribution in [-0.4, -0.2) is 81.6 Å². The van der Waals surface area contributed by atoms with E-state index in [1.165, 1.54) is 8.61 Å². The molecule has 0 aromatic heterocycles. The van der Waals surface area contributed by atoms with Crippen LogP contribution in [0.25, 0.3) is 0 Å². The molecule has 61 heavy (non-hydrogen) atoms. The van der Waals surface area contributed by atoms with E-state index in [1.54, 1.807) is 104 Å². The fourth-order valence-electron chi connectivity index (χ4n) is 8.78. The van der Waals surface area contributed by atoms with Crippen molar-refractivity contribution in [2.45, 2.75) is 122 Å². The van der Waals surface area contributed by atoms with Crippen molar-refractivity contribution >= 4 is 40.1 Å². The lowest BCUT2D eigenvalue weighted by Crippen LogP contribution is -2.39. The zero-order valence-electron chi connectivity index (χ0n) is 37.8. The van der Waals surface area contributed by atoms with Gasteiger partial charge in [0.1, 0.15) is 0 Å². The fraction of sp³-hybridized carbons (Fsp3) is 0.467. The molecular weight excluding hydrogens is 853 g/mol. The molecule has 0 atom stereocenters. The van der Waals surface area contributed by atoms with Crippen LogP contribution in [0.15, 0.2) is 68.1 Å². The van der Waals surface area contributed by atoms with Gasteiger partial charge in [-0.1, -0.05) is 70.8 Å². The van der Waals surface area contributed by atoms with E-state index in [0.29, 0.717) is 44.5 Å². The highest BCUT2D eigenvalue weighted by Crippen LogP contribution is 2.29. The first kappa shape index (κ1) is 50.2. The summed E-state index contributed by atoms with van der Waals surface area (Å²) in [7, 11) is -16.1. The van der Waals surface area contributed by atoms with Crippen molar-refractivity contribution in [1.29, 1.82) is 0 Å². The van der Waals surface area contributed by atoms with Crippen LogP contribution >= 0.6 is 0 Å². The minimum absolute atomic E-state index is 0.0308. The van der Waals surface area contributed by atoms with Crippen LogP contribution in [0.2, 0.25) is 0 Å². The number of nitrogens with one attached hydrogen (secondary N) is 2. The molecule has 4 rings (SSSR count). The van der Waals surface area contributed by atoms with Crippen molar-refractivity contribution in [3.8, 4) is 0 Å². The first-order chi connectivity index (χ1) is 28.2. The lowest BCUT2D eigenvalue weighted by Gasteiger charge is -2.27. The third-order valence-corrected chi connectivity index (χ3v) is 18.7. The van der Waals surface area contributed by atoms with Gasteiger partial charge in [-0.25, -0.2) is 43.1 Å². The summed E-state index contributed by atoms with van der Waals surface area (Å²) in [6.45, 7) is 21.2. The first-order valence-corrected chi connectivity index (χ1v) is 26.4. The van der Waals surface area contributed by atoms with Crippen LogP contribution in [0, 0.1) is 83.1 Å². The molecule has 4 aromatic rings. The average molecular weight is 917 g/mol. The molecular formula is C45H64N4O8S4. The van der Waals surface area contributed by atoms with Gasteiger partial charge in [0.25, 0.3) is 0 Å². The van der Waals surface area contributed by atoms with Gasteiger partial charge < -0.3 is 0 Å². The molecule has 0 saturated carbocycles. The van der Waals surface area contributed by atoms with Crippen LogP contribution < -0.4 is 9.44 Å². The van der Waals surface area contributed by atoms with Crippen molar-refractivity contribution in [1.82, 2.24) is 18.1 Å². The molecule has 0 spiro atoms. The predicted octanol–water partition coefficient (Wildman–Crippen LogP) is 7.20. The molecule has 0 fully saturated rings. The molecule has 16 heteroatoms. The Morgan fingerprint density at radius 1 is 0.344 bits per heavy atom. The smallest absolute Gasteiger partial charge is 0.211 e. The molecule has 2 N–H and O–H groups in total. The van der Waals surface area contributed by atoms with Gasteiger partial charge in [-0.15, -0.1) is 0 Å². The molecule has 0 aliphatic carbocycles. The molecule has 12 nitrogen and oxygen atoms in total. The third-order valence-electron chi connectivity index (χ3n) is 10.7.